The summed E-state index contributed by atoms with van der Waals surface area (Å²) < 4.78 is 10.8. The molecule has 2 heterocycles. The fourth-order valence-electron chi connectivity index (χ4n) is 4.26. The molecule has 0 unspecified atom stereocenters. The van der Waals surface area contributed by atoms with Crippen LogP contribution in [0.1, 0.15) is 52.7 Å². The first-order valence-electron chi connectivity index (χ1n) is 11.6. The molecular weight excluding hydrogens is 466 g/mol. The predicted molar refractivity (Wildman–Crippen MR) is 132 cm³/mol. The molecule has 4 rings (SSSR count). The minimum Gasteiger partial charge on any atom is -0.497 e. The summed E-state index contributed by atoms with van der Waals surface area (Å²) in [4.78, 5) is 41.5. The van der Waals surface area contributed by atoms with Crippen molar-refractivity contribution in [2.24, 2.45) is 0 Å². The Morgan fingerprint density at radius 1 is 1.11 bits per heavy atom. The lowest BCUT2D eigenvalue weighted by Crippen LogP contribution is -2.48. The minimum atomic E-state index is -0.905. The molecule has 2 aromatic heterocycles. The molecule has 9 heteroatoms. The largest absolute Gasteiger partial charge is 0.497 e. The van der Waals surface area contributed by atoms with E-state index in [1.165, 1.54) is 22.5 Å². The topological polar surface area (TPSA) is 101 Å². The number of carbonyl (C=O) groups excluding carboxylic acids is 3. The molecule has 1 atom stereocenters. The van der Waals surface area contributed by atoms with E-state index in [2.05, 4.69) is 10.6 Å². The van der Waals surface area contributed by atoms with Crippen LogP contribution in [0, 0.1) is 0 Å². The number of thiophene rings is 1. The summed E-state index contributed by atoms with van der Waals surface area (Å²) in [6.45, 7) is -0.170. The van der Waals surface area contributed by atoms with E-state index in [4.69, 9.17) is 9.15 Å². The Hall–Kier alpha value is -3.59. The van der Waals surface area contributed by atoms with Crippen LogP contribution in [-0.4, -0.2) is 42.3 Å². The van der Waals surface area contributed by atoms with Crippen LogP contribution in [0.2, 0.25) is 0 Å². The van der Waals surface area contributed by atoms with Gasteiger partial charge in [-0.05, 0) is 54.1 Å². The Morgan fingerprint density at radius 3 is 2.51 bits per heavy atom. The molecule has 0 saturated heterocycles. The second-order valence-electron chi connectivity index (χ2n) is 8.43. The Kier molecular flexibility index (Phi) is 8.20. The van der Waals surface area contributed by atoms with Crippen LogP contribution in [0.3, 0.4) is 0 Å². The highest BCUT2D eigenvalue weighted by Crippen LogP contribution is 2.27. The van der Waals surface area contributed by atoms with Crippen molar-refractivity contribution in [2.45, 2.75) is 44.3 Å². The van der Waals surface area contributed by atoms with Crippen molar-refractivity contribution in [3.63, 3.8) is 0 Å². The number of furan rings is 1. The van der Waals surface area contributed by atoms with Gasteiger partial charge in [0.1, 0.15) is 17.6 Å². The molecule has 0 spiro atoms. The number of carbonyl (C=O) groups is 3. The zero-order valence-corrected chi connectivity index (χ0v) is 20.4. The molecule has 3 aromatic rings. The van der Waals surface area contributed by atoms with Gasteiger partial charge in [0.25, 0.3) is 5.91 Å². The minimum absolute atomic E-state index is 0.0789. The lowest BCUT2D eigenvalue weighted by atomic mass is 10.0. The first-order valence-corrected chi connectivity index (χ1v) is 12.5. The quantitative estimate of drug-likeness (QED) is 0.444. The molecule has 1 fully saturated rings. The maximum absolute atomic E-state index is 13.6. The summed E-state index contributed by atoms with van der Waals surface area (Å²) in [5.41, 5.74) is 0.644. The van der Waals surface area contributed by atoms with Crippen LogP contribution in [0.25, 0.3) is 0 Å². The van der Waals surface area contributed by atoms with Gasteiger partial charge in [-0.15, -0.1) is 11.3 Å². The maximum Gasteiger partial charge on any atom is 0.261 e. The van der Waals surface area contributed by atoms with E-state index < -0.39 is 11.9 Å². The van der Waals surface area contributed by atoms with Crippen molar-refractivity contribution >= 4 is 29.1 Å². The first kappa shape index (κ1) is 24.5. The highest BCUT2D eigenvalue weighted by Gasteiger charge is 2.34. The number of nitrogens with one attached hydrogen (secondary N) is 2. The molecule has 2 N–H and O–H groups in total. The van der Waals surface area contributed by atoms with Gasteiger partial charge in [0, 0.05) is 6.04 Å². The molecule has 0 bridgehead atoms. The van der Waals surface area contributed by atoms with E-state index in [1.54, 1.807) is 61.0 Å². The van der Waals surface area contributed by atoms with E-state index in [0.717, 1.165) is 25.7 Å². The molecule has 1 aromatic carbocycles. The summed E-state index contributed by atoms with van der Waals surface area (Å²) in [6, 6.07) is 13.2. The molecular formula is C26H29N3O5S. The standard InChI is InChI=1S/C26H29N3O5S/c1-33-20-12-10-18(11-13-20)24(26(32)28-19-6-2-3-7-19)29(17-21-8-4-14-34-21)23(30)16-27-25(31)22-9-5-15-35-22/h4-5,8-15,19,24H,2-3,6-7,16-17H2,1H3,(H,27,31)(H,28,32)/t24-/m0/s1. The van der Waals surface area contributed by atoms with E-state index >= 15 is 0 Å². The van der Waals surface area contributed by atoms with Crippen LogP contribution < -0.4 is 15.4 Å². The van der Waals surface area contributed by atoms with Crippen molar-refractivity contribution in [1.82, 2.24) is 15.5 Å². The number of rotatable bonds is 10. The predicted octanol–water partition coefficient (Wildman–Crippen LogP) is 3.91. The van der Waals surface area contributed by atoms with Crippen LogP contribution in [0.4, 0.5) is 0 Å². The van der Waals surface area contributed by atoms with E-state index in [-0.39, 0.29) is 30.9 Å². The van der Waals surface area contributed by atoms with Crippen molar-refractivity contribution in [1.29, 1.82) is 0 Å². The second kappa shape index (κ2) is 11.7. The number of methoxy groups -OCH3 is 1. The molecule has 1 aliphatic rings. The Labute approximate surface area is 208 Å². The van der Waals surface area contributed by atoms with Crippen LogP contribution in [-0.2, 0) is 16.1 Å². The van der Waals surface area contributed by atoms with Gasteiger partial charge in [-0.2, -0.15) is 0 Å². The highest BCUT2D eigenvalue weighted by molar-refractivity contribution is 7.12. The zero-order chi connectivity index (χ0) is 24.6. The Morgan fingerprint density at radius 2 is 1.89 bits per heavy atom. The van der Waals surface area contributed by atoms with Gasteiger partial charge in [0.15, 0.2) is 0 Å². The summed E-state index contributed by atoms with van der Waals surface area (Å²) in [7, 11) is 1.57. The molecule has 0 aliphatic heterocycles. The maximum atomic E-state index is 13.6. The number of amides is 3. The Balaban J connectivity index is 1.61. The lowest BCUT2D eigenvalue weighted by Gasteiger charge is -2.32. The second-order valence-corrected chi connectivity index (χ2v) is 9.37. The average molecular weight is 496 g/mol. The third-order valence-corrected chi connectivity index (χ3v) is 6.93. The van der Waals surface area contributed by atoms with E-state index in [1.807, 2.05) is 0 Å². The summed E-state index contributed by atoms with van der Waals surface area (Å²) in [5.74, 6) is 0.203. The number of benzene rings is 1. The van der Waals surface area contributed by atoms with Gasteiger partial charge in [0.05, 0.1) is 31.3 Å². The summed E-state index contributed by atoms with van der Waals surface area (Å²) >= 11 is 1.30. The molecule has 1 saturated carbocycles. The van der Waals surface area contributed by atoms with Gasteiger partial charge in [-0.3, -0.25) is 14.4 Å². The van der Waals surface area contributed by atoms with Crippen molar-refractivity contribution < 1.29 is 23.5 Å². The number of ether oxygens (including phenoxy) is 1. The monoisotopic (exact) mass is 495 g/mol. The molecule has 184 valence electrons. The molecule has 3 amide bonds. The fraction of sp³-hybridized carbons (Fsp3) is 0.346. The fourth-order valence-corrected chi connectivity index (χ4v) is 4.90. The van der Waals surface area contributed by atoms with Gasteiger partial charge in [0.2, 0.25) is 11.8 Å². The Bertz CT molecular complexity index is 1110. The van der Waals surface area contributed by atoms with Gasteiger partial charge < -0.3 is 24.7 Å². The van der Waals surface area contributed by atoms with Crippen LogP contribution in [0.5, 0.6) is 5.75 Å². The van der Waals surface area contributed by atoms with Gasteiger partial charge >= 0.3 is 0 Å². The number of hydrogen-bond donors (Lipinski definition) is 2. The van der Waals surface area contributed by atoms with Gasteiger partial charge in [-0.25, -0.2) is 0 Å². The smallest absolute Gasteiger partial charge is 0.261 e. The summed E-state index contributed by atoms with van der Waals surface area (Å²) in [5, 5.41) is 7.61. The normalized spacial score (nSPS) is 14.3. The van der Waals surface area contributed by atoms with Crippen molar-refractivity contribution in [2.75, 3.05) is 13.7 Å². The van der Waals surface area contributed by atoms with Crippen molar-refractivity contribution in [3.8, 4) is 5.75 Å². The SMILES string of the molecule is COc1ccc([C@@H](C(=O)NC2CCCC2)N(Cc2ccco2)C(=O)CNC(=O)c2cccs2)cc1. The zero-order valence-electron chi connectivity index (χ0n) is 19.6. The first-order chi connectivity index (χ1) is 17.0. The molecule has 35 heavy (non-hydrogen) atoms. The highest BCUT2D eigenvalue weighted by atomic mass is 32.1. The van der Waals surface area contributed by atoms with Crippen LogP contribution in [0.15, 0.2) is 64.6 Å². The van der Waals surface area contributed by atoms with Gasteiger partial charge in [-0.1, -0.05) is 31.0 Å². The average Bonchev–Trinajstić information content (AvgIpc) is 3.66. The molecule has 8 nitrogen and oxygen atoms in total. The summed E-state index contributed by atoms with van der Waals surface area (Å²) in [6.07, 6.45) is 5.51. The van der Waals surface area contributed by atoms with Crippen molar-refractivity contribution in [3.05, 3.63) is 76.4 Å². The number of hydrogen-bond acceptors (Lipinski definition) is 6. The molecule has 1 aliphatic carbocycles. The third kappa shape index (κ3) is 6.30. The van der Waals surface area contributed by atoms with E-state index in [0.29, 0.717) is 22.0 Å². The third-order valence-electron chi connectivity index (χ3n) is 6.06. The van der Waals surface area contributed by atoms with E-state index in [9.17, 15) is 14.4 Å². The lowest BCUT2D eigenvalue weighted by molar-refractivity contribution is -0.141. The molecule has 0 radical (unpaired) electrons. The number of nitrogens with zero attached hydrogens (tertiary/aromatic N) is 1. The van der Waals surface area contributed by atoms with Crippen LogP contribution >= 0.6 is 11.3 Å².